The zero-order valence-corrected chi connectivity index (χ0v) is 17.3. The van der Waals surface area contributed by atoms with Crippen molar-refractivity contribution in [1.82, 2.24) is 14.9 Å². The number of guanidine groups is 1. The van der Waals surface area contributed by atoms with Gasteiger partial charge in [-0.3, -0.25) is 0 Å². The van der Waals surface area contributed by atoms with E-state index in [0.29, 0.717) is 37.8 Å². The number of aliphatic imine (C=N–C) groups is 1. The van der Waals surface area contributed by atoms with Crippen LogP contribution in [0.3, 0.4) is 0 Å². The van der Waals surface area contributed by atoms with Crippen LogP contribution >= 0.6 is 0 Å². The molecule has 1 saturated heterocycles. The third kappa shape index (κ3) is 6.22. The molecule has 0 aliphatic carbocycles. The highest BCUT2D eigenvalue weighted by Crippen LogP contribution is 2.21. The first-order chi connectivity index (χ1) is 12.8. The quantitative estimate of drug-likeness (QED) is 0.448. The van der Waals surface area contributed by atoms with Crippen LogP contribution in [0.2, 0.25) is 0 Å². The molecule has 1 fully saturated rings. The van der Waals surface area contributed by atoms with Crippen molar-refractivity contribution in [2.45, 2.75) is 51.7 Å². The van der Waals surface area contributed by atoms with E-state index >= 15 is 0 Å². The minimum atomic E-state index is -3.13. The molecule has 27 heavy (non-hydrogen) atoms. The summed E-state index contributed by atoms with van der Waals surface area (Å²) < 4.78 is 31.2. The second kappa shape index (κ2) is 9.57. The van der Waals surface area contributed by atoms with E-state index in [-0.39, 0.29) is 18.3 Å². The summed E-state index contributed by atoms with van der Waals surface area (Å²) in [6, 6.07) is 3.60. The van der Waals surface area contributed by atoms with Crippen LogP contribution in [-0.2, 0) is 15.6 Å². The number of sulfonamides is 1. The van der Waals surface area contributed by atoms with Gasteiger partial charge in [0.25, 0.3) is 0 Å². The monoisotopic (exact) mass is 400 g/mol. The molecule has 0 saturated carbocycles. The topological polar surface area (TPSA) is 107 Å². The smallest absolute Gasteiger partial charge is 0.214 e. The zero-order chi connectivity index (χ0) is 19.9. The number of furan rings is 1. The van der Waals surface area contributed by atoms with Gasteiger partial charge in [0.15, 0.2) is 5.96 Å². The average molecular weight is 401 g/mol. The van der Waals surface area contributed by atoms with Gasteiger partial charge in [-0.1, -0.05) is 6.92 Å². The number of piperidine rings is 1. The fraction of sp³-hybridized carbons (Fsp3) is 0.722. The van der Waals surface area contributed by atoms with Gasteiger partial charge >= 0.3 is 0 Å². The van der Waals surface area contributed by atoms with Crippen LogP contribution in [0.15, 0.2) is 27.8 Å². The molecule has 2 rings (SSSR count). The summed E-state index contributed by atoms with van der Waals surface area (Å²) in [4.78, 5) is 4.49. The van der Waals surface area contributed by atoms with Crippen molar-refractivity contribution < 1.29 is 17.9 Å². The molecule has 154 valence electrons. The molecule has 0 radical (unpaired) electrons. The van der Waals surface area contributed by atoms with Gasteiger partial charge in [0.2, 0.25) is 10.0 Å². The lowest BCUT2D eigenvalue weighted by atomic mass is 10.0. The lowest BCUT2D eigenvalue weighted by Crippen LogP contribution is -2.50. The third-order valence-corrected chi connectivity index (χ3v) is 6.67. The Bertz CT molecular complexity index is 693. The normalized spacial score (nSPS) is 19.6. The molecule has 1 atom stereocenters. The molecule has 0 aromatic carbocycles. The van der Waals surface area contributed by atoms with E-state index in [2.05, 4.69) is 15.6 Å². The van der Waals surface area contributed by atoms with Crippen LogP contribution < -0.4 is 10.6 Å². The lowest BCUT2D eigenvalue weighted by molar-refractivity contribution is 0.0436. The summed E-state index contributed by atoms with van der Waals surface area (Å²) in [6.07, 6.45) is 3.61. The van der Waals surface area contributed by atoms with E-state index in [4.69, 9.17) is 4.42 Å². The van der Waals surface area contributed by atoms with Crippen LogP contribution in [0.25, 0.3) is 0 Å². The average Bonchev–Trinajstić information content (AvgIpc) is 3.16. The van der Waals surface area contributed by atoms with E-state index in [0.717, 1.165) is 12.8 Å². The largest absolute Gasteiger partial charge is 0.466 e. The Hall–Kier alpha value is -1.58. The second-order valence-corrected chi connectivity index (χ2v) is 9.17. The lowest BCUT2D eigenvalue weighted by Gasteiger charge is -2.32. The van der Waals surface area contributed by atoms with E-state index < -0.39 is 15.6 Å². The van der Waals surface area contributed by atoms with E-state index in [1.807, 2.05) is 13.8 Å². The van der Waals surface area contributed by atoms with Crippen LogP contribution in [-0.4, -0.2) is 61.8 Å². The molecular formula is C18H32N4O4S. The molecule has 2 heterocycles. The van der Waals surface area contributed by atoms with Gasteiger partial charge in [0.05, 0.1) is 18.6 Å². The Morgan fingerprint density at radius 3 is 2.67 bits per heavy atom. The van der Waals surface area contributed by atoms with Crippen LogP contribution in [0.1, 0.15) is 45.8 Å². The molecule has 1 aliphatic heterocycles. The Morgan fingerprint density at radius 2 is 2.11 bits per heavy atom. The third-order valence-electron chi connectivity index (χ3n) is 4.59. The van der Waals surface area contributed by atoms with Crippen molar-refractivity contribution in [2.24, 2.45) is 4.99 Å². The van der Waals surface area contributed by atoms with Crippen molar-refractivity contribution in [1.29, 1.82) is 0 Å². The minimum Gasteiger partial charge on any atom is -0.466 e. The van der Waals surface area contributed by atoms with Crippen LogP contribution in [0.4, 0.5) is 0 Å². The summed E-state index contributed by atoms with van der Waals surface area (Å²) in [5.74, 6) is 1.28. The van der Waals surface area contributed by atoms with Crippen LogP contribution in [0.5, 0.6) is 0 Å². The van der Waals surface area contributed by atoms with Crippen molar-refractivity contribution in [3.8, 4) is 0 Å². The van der Waals surface area contributed by atoms with Gasteiger partial charge in [-0.05, 0) is 45.2 Å². The summed E-state index contributed by atoms with van der Waals surface area (Å²) in [5, 5.41) is 17.1. The predicted octanol–water partition coefficient (Wildman–Crippen LogP) is 1.25. The Morgan fingerprint density at radius 1 is 1.41 bits per heavy atom. The highest BCUT2D eigenvalue weighted by atomic mass is 32.2. The maximum atomic E-state index is 12.2. The number of aliphatic hydroxyl groups is 1. The van der Waals surface area contributed by atoms with Crippen molar-refractivity contribution in [3.63, 3.8) is 0 Å². The Labute approximate surface area is 162 Å². The van der Waals surface area contributed by atoms with E-state index in [1.54, 1.807) is 23.4 Å². The summed E-state index contributed by atoms with van der Waals surface area (Å²) in [7, 11) is -3.13. The summed E-state index contributed by atoms with van der Waals surface area (Å²) in [5.41, 5.74) is -1.19. The number of hydrogen-bond donors (Lipinski definition) is 3. The van der Waals surface area contributed by atoms with Gasteiger partial charge in [-0.15, -0.1) is 0 Å². The molecule has 0 amide bonds. The van der Waals surface area contributed by atoms with Crippen LogP contribution in [0, 0.1) is 0 Å². The minimum absolute atomic E-state index is 0.143. The second-order valence-electron chi connectivity index (χ2n) is 7.08. The number of nitrogens with one attached hydrogen (secondary N) is 2. The molecule has 9 heteroatoms. The van der Waals surface area contributed by atoms with E-state index in [9.17, 15) is 13.5 Å². The molecule has 1 aliphatic rings. The van der Waals surface area contributed by atoms with Crippen molar-refractivity contribution in [2.75, 3.05) is 31.9 Å². The highest BCUT2D eigenvalue weighted by molar-refractivity contribution is 7.89. The first-order valence-electron chi connectivity index (χ1n) is 9.57. The number of hydrogen-bond acceptors (Lipinski definition) is 5. The van der Waals surface area contributed by atoms with Crippen molar-refractivity contribution in [3.05, 3.63) is 24.2 Å². The molecule has 0 bridgehead atoms. The zero-order valence-electron chi connectivity index (χ0n) is 16.4. The van der Waals surface area contributed by atoms with Gasteiger partial charge in [0, 0.05) is 25.7 Å². The molecule has 1 aromatic heterocycles. The first kappa shape index (κ1) is 21.7. The Kier molecular flexibility index (Phi) is 7.69. The predicted molar refractivity (Wildman–Crippen MR) is 106 cm³/mol. The maximum Gasteiger partial charge on any atom is 0.214 e. The Balaban J connectivity index is 1.93. The standard InChI is InChI=1S/C18H32N4O4S/c1-4-13-27(24,25)22-10-8-15(9-11-22)21-17(19-5-2)20-14-18(3,23)16-7-6-12-26-16/h6-7,12,15,23H,4-5,8-11,13-14H2,1-3H3,(H2,19,20,21). The first-order valence-corrected chi connectivity index (χ1v) is 11.2. The maximum absolute atomic E-state index is 12.2. The number of rotatable bonds is 8. The molecule has 0 spiro atoms. The van der Waals surface area contributed by atoms with Gasteiger partial charge in [-0.25, -0.2) is 17.7 Å². The molecule has 1 aromatic rings. The molecular weight excluding hydrogens is 368 g/mol. The molecule has 8 nitrogen and oxygen atoms in total. The summed E-state index contributed by atoms with van der Waals surface area (Å²) in [6.45, 7) is 7.39. The fourth-order valence-corrected chi connectivity index (χ4v) is 4.62. The number of nitrogens with zero attached hydrogens (tertiary/aromatic N) is 2. The van der Waals surface area contributed by atoms with Gasteiger partial charge < -0.3 is 20.2 Å². The highest BCUT2D eigenvalue weighted by Gasteiger charge is 2.29. The fourth-order valence-electron chi connectivity index (χ4n) is 3.07. The van der Waals surface area contributed by atoms with Gasteiger partial charge in [0.1, 0.15) is 11.4 Å². The SMILES string of the molecule is CCCS(=O)(=O)N1CCC(NC(=NCC(C)(O)c2ccco2)NCC)CC1. The molecule has 3 N–H and O–H groups in total. The molecule has 1 unspecified atom stereocenters. The van der Waals surface area contributed by atoms with Crippen molar-refractivity contribution >= 4 is 16.0 Å². The van der Waals surface area contributed by atoms with E-state index in [1.165, 1.54) is 6.26 Å². The van der Waals surface area contributed by atoms with Gasteiger partial charge in [-0.2, -0.15) is 0 Å². The summed E-state index contributed by atoms with van der Waals surface area (Å²) >= 11 is 0.